The molecule has 0 saturated heterocycles. The zero-order valence-electron chi connectivity index (χ0n) is 18.7. The Morgan fingerprint density at radius 2 is 1.85 bits per heavy atom. The molecule has 168 valence electrons. The van der Waals surface area contributed by atoms with Crippen molar-refractivity contribution in [2.45, 2.75) is 30.8 Å². The number of ether oxygens (including phenoxy) is 1. The summed E-state index contributed by atoms with van der Waals surface area (Å²) in [5, 5.41) is 3.54. The lowest BCUT2D eigenvalue weighted by molar-refractivity contribution is -0.115. The van der Waals surface area contributed by atoms with Gasteiger partial charge in [-0.15, -0.1) is 0 Å². The SMILES string of the molecule is COc1ccc(Cn2c(SC(C)C(=O)Nc3cccc(C)c3)nc3ccccc3c2=O)cc1. The van der Waals surface area contributed by atoms with Crippen molar-refractivity contribution in [3.63, 3.8) is 0 Å². The van der Waals surface area contributed by atoms with Crippen LogP contribution in [0.15, 0.2) is 82.7 Å². The number of aryl methyl sites for hydroxylation is 1. The van der Waals surface area contributed by atoms with Gasteiger partial charge >= 0.3 is 0 Å². The van der Waals surface area contributed by atoms with Crippen LogP contribution in [0.4, 0.5) is 5.69 Å². The molecule has 1 amide bonds. The summed E-state index contributed by atoms with van der Waals surface area (Å²) >= 11 is 1.27. The Hall–Kier alpha value is -3.58. The van der Waals surface area contributed by atoms with Crippen LogP contribution in [-0.2, 0) is 11.3 Å². The summed E-state index contributed by atoms with van der Waals surface area (Å²) in [7, 11) is 1.62. The lowest BCUT2D eigenvalue weighted by Crippen LogP contribution is -2.27. The molecule has 4 aromatic rings. The van der Waals surface area contributed by atoms with Gasteiger partial charge in [0.1, 0.15) is 5.75 Å². The number of thioether (sulfide) groups is 1. The van der Waals surface area contributed by atoms with Crippen molar-refractivity contribution >= 4 is 34.3 Å². The first kappa shape index (κ1) is 22.6. The Kier molecular flexibility index (Phi) is 6.79. The Morgan fingerprint density at radius 3 is 2.58 bits per heavy atom. The van der Waals surface area contributed by atoms with Crippen molar-refractivity contribution in [3.05, 3.63) is 94.3 Å². The van der Waals surface area contributed by atoms with E-state index in [9.17, 15) is 9.59 Å². The number of nitrogens with zero attached hydrogens (tertiary/aromatic N) is 2. The average molecular weight is 460 g/mol. The lowest BCUT2D eigenvalue weighted by atomic mass is 10.2. The number of aromatic nitrogens is 2. The van der Waals surface area contributed by atoms with Gasteiger partial charge in [0.05, 0.1) is 29.8 Å². The molecule has 33 heavy (non-hydrogen) atoms. The molecular formula is C26H25N3O3S. The maximum absolute atomic E-state index is 13.3. The summed E-state index contributed by atoms with van der Waals surface area (Å²) in [6.07, 6.45) is 0. The van der Waals surface area contributed by atoms with Gasteiger partial charge in [-0.3, -0.25) is 14.2 Å². The van der Waals surface area contributed by atoms with Crippen molar-refractivity contribution in [1.82, 2.24) is 9.55 Å². The third kappa shape index (κ3) is 5.26. The highest BCUT2D eigenvalue weighted by Crippen LogP contribution is 2.25. The van der Waals surface area contributed by atoms with E-state index in [1.165, 1.54) is 11.8 Å². The summed E-state index contributed by atoms with van der Waals surface area (Å²) in [5.41, 5.74) is 3.23. The second kappa shape index (κ2) is 9.92. The minimum Gasteiger partial charge on any atom is -0.497 e. The van der Waals surface area contributed by atoms with Crippen molar-refractivity contribution < 1.29 is 9.53 Å². The van der Waals surface area contributed by atoms with Crippen LogP contribution in [0.2, 0.25) is 0 Å². The van der Waals surface area contributed by atoms with E-state index in [2.05, 4.69) is 5.32 Å². The van der Waals surface area contributed by atoms with Gasteiger partial charge in [-0.25, -0.2) is 4.98 Å². The number of benzene rings is 3. The summed E-state index contributed by atoms with van der Waals surface area (Å²) in [5.74, 6) is 0.600. The van der Waals surface area contributed by atoms with Gasteiger partial charge in [-0.05, 0) is 61.4 Å². The van der Waals surface area contributed by atoms with E-state index in [1.54, 1.807) is 17.7 Å². The fourth-order valence-electron chi connectivity index (χ4n) is 3.47. The fraction of sp³-hybridized carbons (Fsp3) is 0.192. The summed E-state index contributed by atoms with van der Waals surface area (Å²) in [6, 6.07) is 22.5. The smallest absolute Gasteiger partial charge is 0.262 e. The van der Waals surface area contributed by atoms with Crippen molar-refractivity contribution in [2.75, 3.05) is 12.4 Å². The minimum absolute atomic E-state index is 0.134. The molecule has 1 atom stereocenters. The number of carbonyl (C=O) groups is 1. The number of fused-ring (bicyclic) bond motifs is 1. The maximum Gasteiger partial charge on any atom is 0.262 e. The van der Waals surface area contributed by atoms with E-state index >= 15 is 0 Å². The number of carbonyl (C=O) groups excluding carboxylic acids is 1. The fourth-order valence-corrected chi connectivity index (χ4v) is 4.38. The van der Waals surface area contributed by atoms with Crippen LogP contribution >= 0.6 is 11.8 Å². The standard InChI is InChI=1S/C26H25N3O3S/c1-17-7-6-8-20(15-17)27-24(30)18(2)33-26-28-23-10-5-4-9-22(23)25(31)29(26)16-19-11-13-21(32-3)14-12-19/h4-15,18H,16H2,1-3H3,(H,27,30). The van der Waals surface area contributed by atoms with Crippen molar-refractivity contribution in [1.29, 1.82) is 0 Å². The molecule has 1 heterocycles. The molecule has 7 heteroatoms. The summed E-state index contributed by atoms with van der Waals surface area (Å²) in [4.78, 5) is 30.9. The molecule has 1 aromatic heterocycles. The van der Waals surface area contributed by atoms with Crippen LogP contribution in [0.5, 0.6) is 5.75 Å². The van der Waals surface area contributed by atoms with E-state index in [4.69, 9.17) is 9.72 Å². The zero-order chi connectivity index (χ0) is 23.4. The number of hydrogen-bond donors (Lipinski definition) is 1. The van der Waals surface area contributed by atoms with E-state index in [0.29, 0.717) is 22.6 Å². The molecular weight excluding hydrogens is 434 g/mol. The third-order valence-electron chi connectivity index (χ3n) is 5.26. The number of para-hydroxylation sites is 1. The molecule has 0 fully saturated rings. The molecule has 3 aromatic carbocycles. The predicted molar refractivity (Wildman–Crippen MR) is 133 cm³/mol. The quantitative estimate of drug-likeness (QED) is 0.315. The highest BCUT2D eigenvalue weighted by atomic mass is 32.2. The van der Waals surface area contributed by atoms with Gasteiger partial charge in [0.25, 0.3) is 5.56 Å². The Balaban J connectivity index is 1.65. The van der Waals surface area contributed by atoms with Crippen LogP contribution in [0, 0.1) is 6.92 Å². The topological polar surface area (TPSA) is 73.2 Å². The first-order chi connectivity index (χ1) is 15.9. The molecule has 1 unspecified atom stereocenters. The van der Waals surface area contributed by atoms with E-state index in [-0.39, 0.29) is 11.5 Å². The van der Waals surface area contributed by atoms with Crippen LogP contribution in [-0.4, -0.2) is 27.8 Å². The molecule has 0 saturated carbocycles. The van der Waals surface area contributed by atoms with Crippen LogP contribution in [0.25, 0.3) is 10.9 Å². The van der Waals surface area contributed by atoms with E-state index in [1.807, 2.05) is 80.6 Å². The van der Waals surface area contributed by atoms with Crippen molar-refractivity contribution in [2.24, 2.45) is 0 Å². The number of anilines is 1. The molecule has 6 nitrogen and oxygen atoms in total. The lowest BCUT2D eigenvalue weighted by Gasteiger charge is -2.17. The zero-order valence-corrected chi connectivity index (χ0v) is 19.6. The minimum atomic E-state index is -0.458. The second-order valence-electron chi connectivity index (χ2n) is 7.77. The highest BCUT2D eigenvalue weighted by molar-refractivity contribution is 8.00. The first-order valence-electron chi connectivity index (χ1n) is 10.6. The molecule has 0 radical (unpaired) electrons. The Labute approximate surface area is 196 Å². The largest absolute Gasteiger partial charge is 0.497 e. The summed E-state index contributed by atoms with van der Waals surface area (Å²) < 4.78 is 6.86. The van der Waals surface area contributed by atoms with E-state index in [0.717, 1.165) is 22.6 Å². The Bertz CT molecular complexity index is 1350. The monoisotopic (exact) mass is 459 g/mol. The molecule has 0 bridgehead atoms. The summed E-state index contributed by atoms with van der Waals surface area (Å²) in [6.45, 7) is 4.13. The van der Waals surface area contributed by atoms with E-state index < -0.39 is 5.25 Å². The third-order valence-corrected chi connectivity index (χ3v) is 6.35. The van der Waals surface area contributed by atoms with Crippen LogP contribution in [0.3, 0.4) is 0 Å². The van der Waals surface area contributed by atoms with Crippen molar-refractivity contribution in [3.8, 4) is 5.75 Å². The van der Waals surface area contributed by atoms with Gasteiger partial charge < -0.3 is 10.1 Å². The molecule has 0 aliphatic rings. The highest BCUT2D eigenvalue weighted by Gasteiger charge is 2.20. The number of hydrogen-bond acceptors (Lipinski definition) is 5. The second-order valence-corrected chi connectivity index (χ2v) is 9.08. The first-order valence-corrected chi connectivity index (χ1v) is 11.5. The number of rotatable bonds is 7. The van der Waals surface area contributed by atoms with Gasteiger partial charge in [0.2, 0.25) is 5.91 Å². The van der Waals surface area contributed by atoms with Gasteiger partial charge in [0.15, 0.2) is 5.16 Å². The molecule has 1 N–H and O–H groups in total. The number of amides is 1. The maximum atomic E-state index is 13.3. The number of methoxy groups -OCH3 is 1. The van der Waals surface area contributed by atoms with Crippen LogP contribution in [0.1, 0.15) is 18.1 Å². The molecule has 4 rings (SSSR count). The number of nitrogens with one attached hydrogen (secondary N) is 1. The Morgan fingerprint density at radius 1 is 1.09 bits per heavy atom. The van der Waals surface area contributed by atoms with Gasteiger partial charge in [-0.2, -0.15) is 0 Å². The van der Waals surface area contributed by atoms with Gasteiger partial charge in [0, 0.05) is 5.69 Å². The average Bonchev–Trinajstić information content (AvgIpc) is 2.82. The van der Waals surface area contributed by atoms with Gasteiger partial charge in [-0.1, -0.05) is 48.2 Å². The predicted octanol–water partition coefficient (Wildman–Crippen LogP) is 4.88. The normalized spacial score (nSPS) is 11.8. The molecule has 0 spiro atoms. The molecule has 0 aliphatic carbocycles. The molecule has 0 aliphatic heterocycles. The van der Waals surface area contributed by atoms with Crippen LogP contribution < -0.4 is 15.6 Å².